The lowest BCUT2D eigenvalue weighted by molar-refractivity contribution is 0.0746. The Hall–Kier alpha value is -3.67. The van der Waals surface area contributed by atoms with Gasteiger partial charge in [-0.05, 0) is 54.3 Å². The largest absolute Gasteiger partial charge is 0.461 e. The number of nitrogens with zero attached hydrogens (tertiary/aromatic N) is 4. The molecule has 0 aliphatic carbocycles. The first kappa shape index (κ1) is 22.1. The average Bonchev–Trinajstić information content (AvgIpc) is 3.38. The minimum absolute atomic E-state index is 0.0698. The first-order valence-electron chi connectivity index (χ1n) is 11.8. The van der Waals surface area contributed by atoms with Gasteiger partial charge in [0.25, 0.3) is 5.91 Å². The molecule has 1 aliphatic rings. The summed E-state index contributed by atoms with van der Waals surface area (Å²) < 4.78 is 5.56. The van der Waals surface area contributed by atoms with Gasteiger partial charge < -0.3 is 14.2 Å². The van der Waals surface area contributed by atoms with Gasteiger partial charge in [-0.1, -0.05) is 44.5 Å². The molecular weight excluding hydrogens is 424 g/mol. The fourth-order valence-electron chi connectivity index (χ4n) is 4.40. The summed E-state index contributed by atoms with van der Waals surface area (Å²) in [4.78, 5) is 26.9. The maximum absolute atomic E-state index is 13.1. The highest BCUT2D eigenvalue weighted by molar-refractivity contribution is 5.95. The third-order valence-electron chi connectivity index (χ3n) is 6.44. The van der Waals surface area contributed by atoms with Crippen LogP contribution in [-0.2, 0) is 5.41 Å². The molecule has 174 valence electrons. The van der Waals surface area contributed by atoms with E-state index in [0.717, 1.165) is 27.8 Å². The highest BCUT2D eigenvalue weighted by Gasteiger charge is 2.25. The van der Waals surface area contributed by atoms with Crippen LogP contribution in [-0.4, -0.2) is 47.0 Å². The molecular formula is C28H30N4O2. The van der Waals surface area contributed by atoms with Gasteiger partial charge in [-0.3, -0.25) is 4.79 Å². The number of fused-ring (bicyclic) bond motifs is 1. The Bertz CT molecular complexity index is 1310. The lowest BCUT2D eigenvalue weighted by Crippen LogP contribution is -2.49. The van der Waals surface area contributed by atoms with E-state index >= 15 is 0 Å². The third kappa shape index (κ3) is 4.28. The standard InChI is InChI=1S/C28H30N4O2/c1-19-7-12-23-22(18-19)26(30-25(29-23)24-6-5-17-34-24)31-13-15-32(16-14-31)27(33)20-8-10-21(11-9-20)28(2,3)4/h5-12,17-18H,13-16H2,1-4H3. The van der Waals surface area contributed by atoms with Crippen LogP contribution in [0.15, 0.2) is 65.3 Å². The second-order valence-electron chi connectivity index (χ2n) is 9.98. The van der Waals surface area contributed by atoms with Crippen molar-refractivity contribution in [2.24, 2.45) is 0 Å². The van der Waals surface area contributed by atoms with E-state index in [4.69, 9.17) is 14.4 Å². The van der Waals surface area contributed by atoms with E-state index in [1.807, 2.05) is 35.2 Å². The number of piperazine rings is 1. The van der Waals surface area contributed by atoms with Crippen molar-refractivity contribution in [3.8, 4) is 11.6 Å². The number of amides is 1. The number of furan rings is 1. The molecule has 1 aliphatic heterocycles. The average molecular weight is 455 g/mol. The molecule has 5 rings (SSSR count). The Morgan fingerprint density at radius 2 is 1.68 bits per heavy atom. The molecule has 3 heterocycles. The van der Waals surface area contributed by atoms with Gasteiger partial charge >= 0.3 is 0 Å². The highest BCUT2D eigenvalue weighted by Crippen LogP contribution is 2.30. The fraction of sp³-hybridized carbons (Fsp3) is 0.321. The third-order valence-corrected chi connectivity index (χ3v) is 6.44. The van der Waals surface area contributed by atoms with Crippen molar-refractivity contribution in [1.29, 1.82) is 0 Å². The van der Waals surface area contributed by atoms with Gasteiger partial charge in [0, 0.05) is 37.1 Å². The summed E-state index contributed by atoms with van der Waals surface area (Å²) in [7, 11) is 0. The summed E-state index contributed by atoms with van der Waals surface area (Å²) in [6.45, 7) is 11.3. The van der Waals surface area contributed by atoms with Gasteiger partial charge in [-0.2, -0.15) is 0 Å². The SMILES string of the molecule is Cc1ccc2nc(-c3ccco3)nc(N3CCN(C(=O)c4ccc(C(C)(C)C)cc4)CC3)c2c1. The molecule has 34 heavy (non-hydrogen) atoms. The molecule has 1 saturated heterocycles. The zero-order chi connectivity index (χ0) is 23.9. The molecule has 1 amide bonds. The Morgan fingerprint density at radius 3 is 2.32 bits per heavy atom. The molecule has 2 aromatic heterocycles. The van der Waals surface area contributed by atoms with E-state index in [2.05, 4.69) is 56.9 Å². The fourth-order valence-corrected chi connectivity index (χ4v) is 4.40. The van der Waals surface area contributed by atoms with Gasteiger partial charge in [-0.25, -0.2) is 9.97 Å². The van der Waals surface area contributed by atoms with Crippen molar-refractivity contribution in [1.82, 2.24) is 14.9 Å². The summed E-state index contributed by atoms with van der Waals surface area (Å²) >= 11 is 0. The Labute approximate surface area is 200 Å². The van der Waals surface area contributed by atoms with Crippen LogP contribution in [0, 0.1) is 6.92 Å². The molecule has 1 fully saturated rings. The maximum atomic E-state index is 13.1. The zero-order valence-electron chi connectivity index (χ0n) is 20.2. The highest BCUT2D eigenvalue weighted by atomic mass is 16.3. The van der Waals surface area contributed by atoms with Gasteiger partial charge in [0.1, 0.15) is 5.82 Å². The van der Waals surface area contributed by atoms with Crippen molar-refractivity contribution in [3.05, 3.63) is 77.6 Å². The van der Waals surface area contributed by atoms with Gasteiger partial charge in [0.05, 0.1) is 11.8 Å². The summed E-state index contributed by atoms with van der Waals surface area (Å²) in [5, 5.41) is 1.02. The summed E-state index contributed by atoms with van der Waals surface area (Å²) in [6, 6.07) is 18.0. The number of carbonyl (C=O) groups is 1. The second-order valence-corrected chi connectivity index (χ2v) is 9.98. The van der Waals surface area contributed by atoms with Crippen molar-refractivity contribution >= 4 is 22.6 Å². The summed E-state index contributed by atoms with van der Waals surface area (Å²) in [5.74, 6) is 2.20. The van der Waals surface area contributed by atoms with Crippen molar-refractivity contribution in [2.45, 2.75) is 33.1 Å². The lowest BCUT2D eigenvalue weighted by Gasteiger charge is -2.36. The van der Waals surface area contributed by atoms with E-state index < -0.39 is 0 Å². The van der Waals surface area contributed by atoms with Gasteiger partial charge in [0.15, 0.2) is 11.6 Å². The summed E-state index contributed by atoms with van der Waals surface area (Å²) in [6.07, 6.45) is 1.64. The monoisotopic (exact) mass is 454 g/mol. The van der Waals surface area contributed by atoms with Gasteiger partial charge in [0.2, 0.25) is 0 Å². The van der Waals surface area contributed by atoms with Crippen LogP contribution in [0.25, 0.3) is 22.5 Å². The van der Waals surface area contributed by atoms with Crippen LogP contribution in [0.4, 0.5) is 5.82 Å². The van der Waals surface area contributed by atoms with Crippen LogP contribution in [0.3, 0.4) is 0 Å². The summed E-state index contributed by atoms with van der Waals surface area (Å²) in [5.41, 5.74) is 4.09. The number of carbonyl (C=O) groups excluding carboxylic acids is 1. The minimum Gasteiger partial charge on any atom is -0.461 e. The van der Waals surface area contributed by atoms with E-state index in [1.54, 1.807) is 6.26 Å². The van der Waals surface area contributed by atoms with E-state index in [-0.39, 0.29) is 11.3 Å². The van der Waals surface area contributed by atoms with Gasteiger partial charge in [-0.15, -0.1) is 0 Å². The number of hydrogen-bond acceptors (Lipinski definition) is 5. The molecule has 2 aromatic carbocycles. The smallest absolute Gasteiger partial charge is 0.253 e. The minimum atomic E-state index is 0.0698. The number of rotatable bonds is 3. The maximum Gasteiger partial charge on any atom is 0.253 e. The van der Waals surface area contributed by atoms with E-state index in [0.29, 0.717) is 37.8 Å². The quantitative estimate of drug-likeness (QED) is 0.411. The molecule has 0 spiro atoms. The first-order chi connectivity index (χ1) is 16.3. The molecule has 0 atom stereocenters. The van der Waals surface area contributed by atoms with Crippen LogP contribution in [0.5, 0.6) is 0 Å². The number of benzene rings is 2. The van der Waals surface area contributed by atoms with Crippen LogP contribution in [0.1, 0.15) is 42.3 Å². The molecule has 0 saturated carbocycles. The van der Waals surface area contributed by atoms with Crippen molar-refractivity contribution in [3.63, 3.8) is 0 Å². The van der Waals surface area contributed by atoms with Crippen molar-refractivity contribution < 1.29 is 9.21 Å². The molecule has 0 bridgehead atoms. The molecule has 4 aromatic rings. The number of aryl methyl sites for hydroxylation is 1. The first-order valence-corrected chi connectivity index (χ1v) is 11.8. The topological polar surface area (TPSA) is 62.5 Å². The lowest BCUT2D eigenvalue weighted by atomic mass is 9.86. The van der Waals surface area contributed by atoms with E-state index in [9.17, 15) is 4.79 Å². The normalized spacial score (nSPS) is 14.6. The number of aromatic nitrogens is 2. The molecule has 6 heteroatoms. The Kier molecular flexibility index (Phi) is 5.60. The second kappa shape index (κ2) is 8.60. The zero-order valence-corrected chi connectivity index (χ0v) is 20.2. The Morgan fingerprint density at radius 1 is 0.941 bits per heavy atom. The van der Waals surface area contributed by atoms with Crippen LogP contribution < -0.4 is 4.90 Å². The Balaban J connectivity index is 1.38. The molecule has 0 unspecified atom stereocenters. The molecule has 0 N–H and O–H groups in total. The van der Waals surface area contributed by atoms with Crippen LogP contribution in [0.2, 0.25) is 0 Å². The number of anilines is 1. The van der Waals surface area contributed by atoms with E-state index in [1.165, 1.54) is 5.56 Å². The predicted octanol–water partition coefficient (Wildman–Crippen LogP) is 5.46. The molecule has 0 radical (unpaired) electrons. The molecule has 6 nitrogen and oxygen atoms in total. The number of hydrogen-bond donors (Lipinski definition) is 0. The van der Waals surface area contributed by atoms with Crippen LogP contribution >= 0.6 is 0 Å². The van der Waals surface area contributed by atoms with Crippen molar-refractivity contribution in [2.75, 3.05) is 31.1 Å². The predicted molar refractivity (Wildman–Crippen MR) is 135 cm³/mol.